The second kappa shape index (κ2) is 2.91. The van der Waals surface area contributed by atoms with Gasteiger partial charge in [-0.25, -0.2) is 0 Å². The molecule has 0 rings (SSSR count). The van der Waals surface area contributed by atoms with Crippen LogP contribution in [0.4, 0.5) is 0 Å². The maximum Gasteiger partial charge on any atom is 0.0883 e. The molecule has 0 fully saturated rings. The number of nitrogens with zero attached hydrogens (tertiary/aromatic N) is 1. The fourth-order valence-electron chi connectivity index (χ4n) is 0.218. The van der Waals surface area contributed by atoms with Crippen LogP contribution in [-0.4, -0.2) is 16.6 Å². The number of alkyl halides is 1. The number of halogens is 1. The molecule has 8 heavy (non-hydrogen) atoms. The first-order chi connectivity index (χ1) is 3.62. The van der Waals surface area contributed by atoms with Gasteiger partial charge in [-0.05, 0) is 6.92 Å². The van der Waals surface area contributed by atoms with Gasteiger partial charge in [0, 0.05) is 0 Å². The zero-order valence-corrected chi connectivity index (χ0v) is 5.44. The van der Waals surface area contributed by atoms with E-state index in [1.165, 1.54) is 6.92 Å². The Bertz CT molecular complexity index is 105. The smallest absolute Gasteiger partial charge is 0.0883 e. The Labute approximate surface area is 53.7 Å². The summed E-state index contributed by atoms with van der Waals surface area (Å²) < 4.78 is 0. The highest BCUT2D eigenvalue weighted by Crippen LogP contribution is 2.08. The molecule has 1 atom stereocenters. The first kappa shape index (κ1) is 7.74. The van der Waals surface area contributed by atoms with Crippen LogP contribution >= 0.6 is 11.6 Å². The Balaban J connectivity index is 3.58. The van der Waals surface area contributed by atoms with Gasteiger partial charge in [0.25, 0.3) is 0 Å². The molecule has 0 aromatic carbocycles. The summed E-state index contributed by atoms with van der Waals surface area (Å²) in [5.41, 5.74) is -1.00. The van der Waals surface area contributed by atoms with Crippen molar-refractivity contribution in [2.75, 3.05) is 5.88 Å². The molecule has 0 aliphatic heterocycles. The van der Waals surface area contributed by atoms with Crippen LogP contribution in [0, 0.1) is 11.3 Å². The number of aliphatic hydroxyl groups is 1. The Hall–Kier alpha value is -0.260. The monoisotopic (exact) mass is 133 g/mol. The van der Waals surface area contributed by atoms with Gasteiger partial charge in [0.1, 0.15) is 0 Å². The van der Waals surface area contributed by atoms with E-state index in [1.807, 2.05) is 6.07 Å². The van der Waals surface area contributed by atoms with Crippen molar-refractivity contribution >= 4 is 11.6 Å². The van der Waals surface area contributed by atoms with Crippen molar-refractivity contribution in [1.29, 1.82) is 5.26 Å². The largest absolute Gasteiger partial charge is 0.388 e. The van der Waals surface area contributed by atoms with Crippen LogP contribution in [0.25, 0.3) is 0 Å². The standard InChI is InChI=1S/C5H8ClNO/c1-5(8,4-6)2-3-7/h8H,2,4H2,1H3. The van der Waals surface area contributed by atoms with Crippen LogP contribution < -0.4 is 0 Å². The van der Waals surface area contributed by atoms with Gasteiger partial charge in [-0.3, -0.25) is 0 Å². The molecule has 1 N–H and O–H groups in total. The third-order valence-corrected chi connectivity index (χ3v) is 1.32. The van der Waals surface area contributed by atoms with E-state index in [4.69, 9.17) is 22.0 Å². The lowest BCUT2D eigenvalue weighted by molar-refractivity contribution is 0.0894. The van der Waals surface area contributed by atoms with Gasteiger partial charge in [-0.15, -0.1) is 11.6 Å². The summed E-state index contributed by atoms with van der Waals surface area (Å²) in [4.78, 5) is 0. The lowest BCUT2D eigenvalue weighted by Crippen LogP contribution is -2.24. The molecule has 0 saturated carbocycles. The minimum Gasteiger partial charge on any atom is -0.388 e. The molecule has 3 heteroatoms. The van der Waals surface area contributed by atoms with Gasteiger partial charge in [0.15, 0.2) is 0 Å². The Morgan fingerprint density at radius 1 is 1.88 bits per heavy atom. The van der Waals surface area contributed by atoms with Crippen LogP contribution in [0.2, 0.25) is 0 Å². The molecule has 0 aromatic rings. The quantitative estimate of drug-likeness (QED) is 0.569. The molecule has 2 nitrogen and oxygen atoms in total. The van der Waals surface area contributed by atoms with Gasteiger partial charge in [-0.2, -0.15) is 5.26 Å². The molecule has 0 bridgehead atoms. The second-order valence-electron chi connectivity index (χ2n) is 1.97. The summed E-state index contributed by atoms with van der Waals surface area (Å²) in [6.45, 7) is 1.53. The zero-order valence-electron chi connectivity index (χ0n) is 4.69. The molecule has 0 aliphatic carbocycles. The van der Waals surface area contributed by atoms with Crippen molar-refractivity contribution in [1.82, 2.24) is 0 Å². The highest BCUT2D eigenvalue weighted by atomic mass is 35.5. The molecule has 0 amide bonds. The van der Waals surface area contributed by atoms with Crippen LogP contribution in [0.1, 0.15) is 13.3 Å². The molecular formula is C5H8ClNO. The average molecular weight is 134 g/mol. The molecule has 0 saturated heterocycles. The van der Waals surface area contributed by atoms with Crippen molar-refractivity contribution < 1.29 is 5.11 Å². The summed E-state index contributed by atoms with van der Waals surface area (Å²) in [7, 11) is 0. The van der Waals surface area contributed by atoms with Crippen molar-refractivity contribution in [2.45, 2.75) is 18.9 Å². The third kappa shape index (κ3) is 2.84. The van der Waals surface area contributed by atoms with Gasteiger partial charge >= 0.3 is 0 Å². The Morgan fingerprint density at radius 3 is 2.50 bits per heavy atom. The number of rotatable bonds is 2. The summed E-state index contributed by atoms with van der Waals surface area (Å²) >= 11 is 5.27. The van der Waals surface area contributed by atoms with E-state index in [1.54, 1.807) is 0 Å². The summed E-state index contributed by atoms with van der Waals surface area (Å²) in [5.74, 6) is 0.112. The Morgan fingerprint density at radius 2 is 2.38 bits per heavy atom. The molecule has 0 aliphatic rings. The van der Waals surface area contributed by atoms with Crippen molar-refractivity contribution in [2.24, 2.45) is 0 Å². The molecule has 0 heterocycles. The number of hydrogen-bond donors (Lipinski definition) is 1. The van der Waals surface area contributed by atoms with E-state index in [-0.39, 0.29) is 12.3 Å². The number of hydrogen-bond acceptors (Lipinski definition) is 2. The van der Waals surface area contributed by atoms with E-state index in [9.17, 15) is 0 Å². The van der Waals surface area contributed by atoms with E-state index < -0.39 is 5.60 Å². The van der Waals surface area contributed by atoms with Crippen molar-refractivity contribution in [3.05, 3.63) is 0 Å². The maximum atomic E-state index is 8.97. The van der Waals surface area contributed by atoms with Gasteiger partial charge in [0.05, 0.1) is 24.0 Å². The molecule has 1 unspecified atom stereocenters. The highest BCUT2D eigenvalue weighted by Gasteiger charge is 2.17. The van der Waals surface area contributed by atoms with E-state index in [0.29, 0.717) is 0 Å². The second-order valence-corrected chi connectivity index (χ2v) is 2.23. The fraction of sp³-hybridized carbons (Fsp3) is 0.800. The van der Waals surface area contributed by atoms with E-state index in [2.05, 4.69) is 0 Å². The molecule has 0 radical (unpaired) electrons. The van der Waals surface area contributed by atoms with Crippen molar-refractivity contribution in [3.8, 4) is 6.07 Å². The SMILES string of the molecule is CC(O)(CCl)CC#N. The molecule has 0 spiro atoms. The molecule has 46 valence electrons. The third-order valence-electron chi connectivity index (χ3n) is 0.748. The lowest BCUT2D eigenvalue weighted by atomic mass is 10.1. The average Bonchev–Trinajstić information content (AvgIpc) is 1.67. The fourth-order valence-corrected chi connectivity index (χ4v) is 0.312. The number of nitriles is 1. The van der Waals surface area contributed by atoms with Gasteiger partial charge in [0.2, 0.25) is 0 Å². The highest BCUT2D eigenvalue weighted by molar-refractivity contribution is 6.18. The van der Waals surface area contributed by atoms with Crippen LogP contribution in [0.15, 0.2) is 0 Å². The molecule has 0 aromatic heterocycles. The summed E-state index contributed by atoms with van der Waals surface area (Å²) in [6, 6.07) is 1.82. The minimum atomic E-state index is -1.00. The van der Waals surface area contributed by atoms with E-state index >= 15 is 0 Å². The molecular weight excluding hydrogens is 126 g/mol. The maximum absolute atomic E-state index is 8.97. The minimum absolute atomic E-state index is 0.0938. The van der Waals surface area contributed by atoms with Crippen LogP contribution in [-0.2, 0) is 0 Å². The predicted octanol–water partition coefficient (Wildman–Crippen LogP) is 0.890. The normalized spacial score (nSPS) is 16.8. The van der Waals surface area contributed by atoms with Gasteiger partial charge in [-0.1, -0.05) is 0 Å². The van der Waals surface area contributed by atoms with Crippen LogP contribution in [0.3, 0.4) is 0 Å². The first-order valence-corrected chi connectivity index (χ1v) is 2.81. The Kier molecular flexibility index (Phi) is 2.81. The van der Waals surface area contributed by atoms with Crippen molar-refractivity contribution in [3.63, 3.8) is 0 Å². The summed E-state index contributed by atoms with van der Waals surface area (Å²) in [5, 5.41) is 17.0. The first-order valence-electron chi connectivity index (χ1n) is 2.28. The topological polar surface area (TPSA) is 44.0 Å². The lowest BCUT2D eigenvalue weighted by Gasteiger charge is -2.13. The van der Waals surface area contributed by atoms with Crippen LogP contribution in [0.5, 0.6) is 0 Å². The summed E-state index contributed by atoms with van der Waals surface area (Å²) in [6.07, 6.45) is 0.0938. The van der Waals surface area contributed by atoms with Gasteiger partial charge < -0.3 is 5.11 Å². The predicted molar refractivity (Wildman–Crippen MR) is 31.6 cm³/mol. The zero-order chi connectivity index (χ0) is 6.62. The van der Waals surface area contributed by atoms with E-state index in [0.717, 1.165) is 0 Å².